The van der Waals surface area contributed by atoms with Gasteiger partial charge in [0.15, 0.2) is 5.82 Å². The summed E-state index contributed by atoms with van der Waals surface area (Å²) in [6.45, 7) is 0.415. The van der Waals surface area contributed by atoms with Crippen molar-refractivity contribution >= 4 is 5.82 Å². The van der Waals surface area contributed by atoms with Gasteiger partial charge in [0.1, 0.15) is 5.82 Å². The van der Waals surface area contributed by atoms with Gasteiger partial charge in [-0.25, -0.2) is 4.98 Å². The van der Waals surface area contributed by atoms with E-state index in [-0.39, 0.29) is 0 Å². The van der Waals surface area contributed by atoms with Crippen molar-refractivity contribution in [2.24, 2.45) is 0 Å². The van der Waals surface area contributed by atoms with E-state index in [9.17, 15) is 0 Å². The molecule has 74 valence electrons. The molecule has 0 fully saturated rings. The molecule has 0 aliphatic rings. The largest absolute Gasteiger partial charge is 0.363 e. The normalized spacial score (nSPS) is 9.53. The van der Waals surface area contributed by atoms with Crippen LogP contribution in [0.15, 0.2) is 29.2 Å². The third kappa shape index (κ3) is 2.28. The molecule has 0 saturated heterocycles. The molecular weight excluding hydrogens is 194 g/mol. The molecule has 6 nitrogen and oxygen atoms in total. The highest BCUT2D eigenvalue weighted by Crippen LogP contribution is 2.06. The van der Waals surface area contributed by atoms with Crippen molar-refractivity contribution in [3.63, 3.8) is 0 Å². The maximum absolute atomic E-state index is 8.67. The minimum Gasteiger partial charge on any atom is -0.363 e. The SMILES string of the molecule is N#Cc1ccnc(NCc2ncon2)c1. The van der Waals surface area contributed by atoms with E-state index < -0.39 is 0 Å². The van der Waals surface area contributed by atoms with Gasteiger partial charge in [-0.2, -0.15) is 10.2 Å². The van der Waals surface area contributed by atoms with E-state index in [0.29, 0.717) is 23.8 Å². The van der Waals surface area contributed by atoms with Crippen molar-refractivity contribution in [3.05, 3.63) is 36.1 Å². The van der Waals surface area contributed by atoms with Gasteiger partial charge in [-0.15, -0.1) is 0 Å². The van der Waals surface area contributed by atoms with E-state index in [0.717, 1.165) is 0 Å². The fourth-order valence-corrected chi connectivity index (χ4v) is 1.04. The summed E-state index contributed by atoms with van der Waals surface area (Å²) >= 11 is 0. The molecule has 2 rings (SSSR count). The number of aromatic nitrogens is 3. The standard InChI is InChI=1S/C9H7N5O/c10-4-7-1-2-11-8(3-7)12-5-9-13-6-15-14-9/h1-3,6H,5H2,(H,11,12). The van der Waals surface area contributed by atoms with E-state index in [1.807, 2.05) is 6.07 Å². The van der Waals surface area contributed by atoms with Gasteiger partial charge in [0.2, 0.25) is 6.39 Å². The summed E-state index contributed by atoms with van der Waals surface area (Å²) in [4.78, 5) is 7.88. The number of nitriles is 1. The number of rotatable bonds is 3. The second-order valence-electron chi connectivity index (χ2n) is 2.74. The van der Waals surface area contributed by atoms with E-state index in [2.05, 4.69) is 25.0 Å². The zero-order valence-corrected chi connectivity index (χ0v) is 7.71. The Kier molecular flexibility index (Phi) is 2.56. The fourth-order valence-electron chi connectivity index (χ4n) is 1.04. The van der Waals surface area contributed by atoms with Gasteiger partial charge in [-0.1, -0.05) is 5.16 Å². The van der Waals surface area contributed by atoms with Gasteiger partial charge in [-0.3, -0.25) is 0 Å². The van der Waals surface area contributed by atoms with Gasteiger partial charge in [0.05, 0.1) is 18.2 Å². The quantitative estimate of drug-likeness (QED) is 0.795. The van der Waals surface area contributed by atoms with Gasteiger partial charge >= 0.3 is 0 Å². The predicted octanol–water partition coefficient (Wildman–Crippen LogP) is 0.948. The van der Waals surface area contributed by atoms with Crippen molar-refractivity contribution < 1.29 is 4.52 Å². The van der Waals surface area contributed by atoms with Gasteiger partial charge in [0, 0.05) is 6.20 Å². The first-order valence-corrected chi connectivity index (χ1v) is 4.24. The highest BCUT2D eigenvalue weighted by molar-refractivity contribution is 5.42. The Morgan fingerprint density at radius 3 is 3.13 bits per heavy atom. The molecule has 0 saturated carbocycles. The van der Waals surface area contributed by atoms with Crippen LogP contribution in [0, 0.1) is 11.3 Å². The lowest BCUT2D eigenvalue weighted by Gasteiger charge is -2.01. The fraction of sp³-hybridized carbons (Fsp3) is 0.111. The highest BCUT2D eigenvalue weighted by atomic mass is 16.5. The average molecular weight is 201 g/mol. The zero-order valence-electron chi connectivity index (χ0n) is 7.71. The Morgan fingerprint density at radius 1 is 1.47 bits per heavy atom. The summed E-state index contributed by atoms with van der Waals surface area (Å²) in [5.41, 5.74) is 0.556. The Hall–Kier alpha value is -2.42. The second-order valence-corrected chi connectivity index (χ2v) is 2.74. The lowest BCUT2D eigenvalue weighted by Crippen LogP contribution is -2.02. The van der Waals surface area contributed by atoms with Crippen LogP contribution in [-0.2, 0) is 6.54 Å². The molecule has 1 N–H and O–H groups in total. The molecule has 2 heterocycles. The van der Waals surface area contributed by atoms with E-state index in [1.54, 1.807) is 18.3 Å². The molecule has 15 heavy (non-hydrogen) atoms. The van der Waals surface area contributed by atoms with Crippen LogP contribution in [0.3, 0.4) is 0 Å². The van der Waals surface area contributed by atoms with Crippen LogP contribution in [0.2, 0.25) is 0 Å². The molecule has 0 radical (unpaired) electrons. The molecule has 0 aliphatic carbocycles. The van der Waals surface area contributed by atoms with Gasteiger partial charge in [0.25, 0.3) is 0 Å². The summed E-state index contributed by atoms with van der Waals surface area (Å²) in [6.07, 6.45) is 2.83. The van der Waals surface area contributed by atoms with Crippen molar-refractivity contribution in [2.75, 3.05) is 5.32 Å². The molecular formula is C9H7N5O. The monoisotopic (exact) mass is 201 g/mol. The third-order valence-electron chi connectivity index (χ3n) is 1.72. The average Bonchev–Trinajstić information content (AvgIpc) is 2.79. The number of nitrogens with one attached hydrogen (secondary N) is 1. The van der Waals surface area contributed by atoms with Crippen molar-refractivity contribution in [1.82, 2.24) is 15.1 Å². The van der Waals surface area contributed by atoms with Crippen LogP contribution in [0.4, 0.5) is 5.82 Å². The Labute approximate surface area is 85.6 Å². The third-order valence-corrected chi connectivity index (χ3v) is 1.72. The minimum atomic E-state index is 0.415. The maximum atomic E-state index is 8.67. The Balaban J connectivity index is 2.02. The first kappa shape index (κ1) is 9.15. The van der Waals surface area contributed by atoms with Gasteiger partial charge in [-0.05, 0) is 12.1 Å². The Bertz CT molecular complexity index is 473. The summed E-state index contributed by atoms with van der Waals surface area (Å²) in [7, 11) is 0. The Morgan fingerprint density at radius 2 is 2.40 bits per heavy atom. The minimum absolute atomic E-state index is 0.415. The molecule has 0 spiro atoms. The van der Waals surface area contributed by atoms with Crippen molar-refractivity contribution in [2.45, 2.75) is 6.54 Å². The van der Waals surface area contributed by atoms with Crippen molar-refractivity contribution in [1.29, 1.82) is 5.26 Å². The smallest absolute Gasteiger partial charge is 0.213 e. The number of hydrogen-bond donors (Lipinski definition) is 1. The lowest BCUT2D eigenvalue weighted by atomic mass is 10.3. The molecule has 0 aliphatic heterocycles. The van der Waals surface area contributed by atoms with Crippen molar-refractivity contribution in [3.8, 4) is 6.07 Å². The summed E-state index contributed by atoms with van der Waals surface area (Å²) in [5, 5.41) is 15.3. The van der Waals surface area contributed by atoms with E-state index in [4.69, 9.17) is 5.26 Å². The molecule has 0 aromatic carbocycles. The molecule has 6 heteroatoms. The summed E-state index contributed by atoms with van der Waals surface area (Å²) in [5.74, 6) is 1.15. The second kappa shape index (κ2) is 4.19. The maximum Gasteiger partial charge on any atom is 0.213 e. The molecule has 0 bridgehead atoms. The van der Waals surface area contributed by atoms with Crippen LogP contribution >= 0.6 is 0 Å². The van der Waals surface area contributed by atoms with Gasteiger partial charge < -0.3 is 9.84 Å². The predicted molar refractivity (Wildman–Crippen MR) is 50.6 cm³/mol. The summed E-state index contributed by atoms with van der Waals surface area (Å²) in [6, 6.07) is 5.32. The molecule has 0 atom stereocenters. The first-order chi connectivity index (χ1) is 7.38. The first-order valence-electron chi connectivity index (χ1n) is 4.24. The van der Waals surface area contributed by atoms with Crippen LogP contribution in [-0.4, -0.2) is 15.1 Å². The molecule has 2 aromatic rings. The highest BCUT2D eigenvalue weighted by Gasteiger charge is 1.99. The summed E-state index contributed by atoms with van der Waals surface area (Å²) < 4.78 is 4.57. The number of pyridine rings is 1. The molecule has 2 aromatic heterocycles. The number of anilines is 1. The molecule has 0 unspecified atom stereocenters. The number of nitrogens with zero attached hydrogens (tertiary/aromatic N) is 4. The molecule has 0 amide bonds. The zero-order chi connectivity index (χ0) is 10.5. The topological polar surface area (TPSA) is 87.6 Å². The number of hydrogen-bond acceptors (Lipinski definition) is 6. The van der Waals surface area contributed by atoms with Crippen LogP contribution in [0.1, 0.15) is 11.4 Å². The van der Waals surface area contributed by atoms with Crippen LogP contribution in [0.5, 0.6) is 0 Å². The van der Waals surface area contributed by atoms with Crippen LogP contribution < -0.4 is 5.32 Å². The van der Waals surface area contributed by atoms with E-state index >= 15 is 0 Å². The van der Waals surface area contributed by atoms with E-state index in [1.165, 1.54) is 6.39 Å². The van der Waals surface area contributed by atoms with Crippen LogP contribution in [0.25, 0.3) is 0 Å². The lowest BCUT2D eigenvalue weighted by molar-refractivity contribution is 0.411.